The van der Waals surface area contributed by atoms with Gasteiger partial charge in [-0.2, -0.15) is 0 Å². The monoisotopic (exact) mass is 501 g/mol. The van der Waals surface area contributed by atoms with Crippen LogP contribution in [0.15, 0.2) is 53.3 Å². The van der Waals surface area contributed by atoms with Crippen LogP contribution in [0.3, 0.4) is 0 Å². The van der Waals surface area contributed by atoms with Crippen molar-refractivity contribution in [1.82, 2.24) is 4.57 Å². The summed E-state index contributed by atoms with van der Waals surface area (Å²) in [5, 5.41) is 9.30. The summed E-state index contributed by atoms with van der Waals surface area (Å²) in [6.45, 7) is 0.727. The van der Waals surface area contributed by atoms with E-state index in [0.717, 1.165) is 0 Å². The Bertz CT molecular complexity index is 1320. The van der Waals surface area contributed by atoms with Crippen molar-refractivity contribution in [3.63, 3.8) is 0 Å². The van der Waals surface area contributed by atoms with Crippen molar-refractivity contribution in [1.29, 1.82) is 0 Å². The molecule has 3 aromatic rings. The fourth-order valence-electron chi connectivity index (χ4n) is 3.46. The molecule has 1 aromatic heterocycles. The van der Waals surface area contributed by atoms with Crippen LogP contribution < -0.4 is 20.9 Å². The number of carbonyl (C=O) groups is 3. The van der Waals surface area contributed by atoms with Gasteiger partial charge >= 0.3 is 11.9 Å². The van der Waals surface area contributed by atoms with E-state index >= 15 is 0 Å². The first kappa shape index (κ1) is 25.7. The number of nitrogens with two attached hydrogens (primary N) is 1. The van der Waals surface area contributed by atoms with Gasteiger partial charge in [-0.15, -0.1) is 0 Å². The zero-order valence-corrected chi connectivity index (χ0v) is 19.8. The Balaban J connectivity index is 2.08. The minimum absolute atomic E-state index is 0.174. The molecule has 3 N–H and O–H groups in total. The first-order valence-corrected chi connectivity index (χ1v) is 11.0. The molecule has 0 bridgehead atoms. The molecule has 0 saturated heterocycles. The van der Waals surface area contributed by atoms with Crippen LogP contribution in [0.4, 0.5) is 5.69 Å². The van der Waals surface area contributed by atoms with Gasteiger partial charge in [-0.1, -0.05) is 35.9 Å². The van der Waals surface area contributed by atoms with Crippen molar-refractivity contribution in [2.45, 2.75) is 13.0 Å². The Hall–Kier alpha value is -3.89. The number of fused-ring (bicyclic) bond motifs is 1. The number of amides is 1. The number of aliphatic carboxylic acids is 1. The van der Waals surface area contributed by atoms with Gasteiger partial charge in [-0.25, -0.2) is 4.79 Å². The van der Waals surface area contributed by atoms with Crippen LogP contribution in [0.5, 0.6) is 5.75 Å². The average molecular weight is 502 g/mol. The van der Waals surface area contributed by atoms with Crippen LogP contribution >= 0.6 is 11.6 Å². The predicted molar refractivity (Wildman–Crippen MR) is 130 cm³/mol. The fraction of sp³-hybridized carbons (Fsp3) is 0.250. The molecule has 0 aliphatic carbocycles. The number of benzene rings is 2. The molecular weight excluding hydrogens is 478 g/mol. The van der Waals surface area contributed by atoms with Gasteiger partial charge in [0.15, 0.2) is 6.61 Å². The summed E-state index contributed by atoms with van der Waals surface area (Å²) in [4.78, 5) is 51.4. The Morgan fingerprint density at radius 3 is 2.46 bits per heavy atom. The molecule has 184 valence electrons. The Morgan fingerprint density at radius 1 is 1.14 bits per heavy atom. The lowest BCUT2D eigenvalue weighted by atomic mass is 10.1. The van der Waals surface area contributed by atoms with E-state index in [1.165, 1.54) is 16.5 Å². The van der Waals surface area contributed by atoms with E-state index in [1.54, 1.807) is 55.5 Å². The van der Waals surface area contributed by atoms with Crippen LogP contribution in [-0.2, 0) is 21.4 Å². The number of nitrogens with zero attached hydrogens (tertiary/aromatic N) is 2. The lowest BCUT2D eigenvalue weighted by Gasteiger charge is -2.23. The number of halogens is 1. The topological polar surface area (TPSA) is 141 Å². The summed E-state index contributed by atoms with van der Waals surface area (Å²) in [6.07, 6.45) is 0. The van der Waals surface area contributed by atoms with Gasteiger partial charge in [0.1, 0.15) is 24.0 Å². The molecule has 0 unspecified atom stereocenters. The van der Waals surface area contributed by atoms with Gasteiger partial charge in [0.2, 0.25) is 0 Å². The second kappa shape index (κ2) is 11.0. The molecule has 0 fully saturated rings. The number of rotatable bonds is 9. The van der Waals surface area contributed by atoms with Gasteiger partial charge < -0.3 is 29.8 Å². The van der Waals surface area contributed by atoms with Crippen molar-refractivity contribution in [3.8, 4) is 5.75 Å². The Kier molecular flexibility index (Phi) is 8.10. The summed E-state index contributed by atoms with van der Waals surface area (Å²) < 4.78 is 11.8. The van der Waals surface area contributed by atoms with E-state index in [2.05, 4.69) is 0 Å². The SMILES string of the molecule is CCN(C(=O)c1c(OCC(=O)OC[C@H](N)C(=O)O)c2c(Cl)cccc2n(C)c1=O)c1ccccc1. The third-order valence-corrected chi connectivity index (χ3v) is 5.56. The maximum atomic E-state index is 13.7. The van der Waals surface area contributed by atoms with Gasteiger partial charge in [0.25, 0.3) is 11.5 Å². The van der Waals surface area contributed by atoms with Crippen molar-refractivity contribution in [2.24, 2.45) is 12.8 Å². The smallest absolute Gasteiger partial charge is 0.344 e. The minimum Gasteiger partial charge on any atom is -0.480 e. The van der Waals surface area contributed by atoms with Crippen molar-refractivity contribution < 1.29 is 29.0 Å². The van der Waals surface area contributed by atoms with E-state index in [9.17, 15) is 19.2 Å². The fourth-order valence-corrected chi connectivity index (χ4v) is 3.72. The number of esters is 1. The minimum atomic E-state index is -1.40. The summed E-state index contributed by atoms with van der Waals surface area (Å²) >= 11 is 6.43. The molecular formula is C24H24ClN3O7. The summed E-state index contributed by atoms with van der Waals surface area (Å²) in [5.74, 6) is -3.09. The molecule has 1 atom stereocenters. The molecule has 0 spiro atoms. The number of para-hydroxylation sites is 1. The van der Waals surface area contributed by atoms with E-state index in [1.807, 2.05) is 0 Å². The third-order valence-electron chi connectivity index (χ3n) is 5.24. The number of anilines is 1. The van der Waals surface area contributed by atoms with E-state index in [0.29, 0.717) is 11.2 Å². The molecule has 11 heteroatoms. The number of aryl methyl sites for hydroxylation is 1. The molecule has 10 nitrogen and oxygen atoms in total. The second-order valence-electron chi connectivity index (χ2n) is 7.50. The van der Waals surface area contributed by atoms with Crippen LogP contribution in [0.25, 0.3) is 10.9 Å². The maximum absolute atomic E-state index is 13.7. The average Bonchev–Trinajstić information content (AvgIpc) is 2.84. The molecule has 3 rings (SSSR count). The number of pyridine rings is 1. The number of hydrogen-bond acceptors (Lipinski definition) is 7. The standard InChI is InChI=1S/C24H24ClN3O7/c1-3-28(14-8-5-4-6-9-14)23(31)20-21(35-13-18(29)34-12-16(26)24(32)33)19-15(25)10-7-11-17(19)27(2)22(20)30/h4-11,16H,3,12-13,26H2,1-2H3,(H,32,33)/t16-/m0/s1. The van der Waals surface area contributed by atoms with E-state index in [4.69, 9.17) is 31.9 Å². The highest BCUT2D eigenvalue weighted by Gasteiger charge is 2.29. The van der Waals surface area contributed by atoms with E-state index in [-0.39, 0.29) is 28.3 Å². The van der Waals surface area contributed by atoms with Gasteiger partial charge in [-0.3, -0.25) is 14.4 Å². The highest BCUT2D eigenvalue weighted by molar-refractivity contribution is 6.36. The second-order valence-corrected chi connectivity index (χ2v) is 7.91. The van der Waals surface area contributed by atoms with Gasteiger partial charge in [0, 0.05) is 19.3 Å². The number of carboxylic acids is 1. The van der Waals surface area contributed by atoms with Gasteiger partial charge in [0.05, 0.1) is 15.9 Å². The normalized spacial score (nSPS) is 11.7. The number of hydrogen-bond donors (Lipinski definition) is 2. The predicted octanol–water partition coefficient (Wildman–Crippen LogP) is 2.19. The Labute approximate surface area is 205 Å². The van der Waals surface area contributed by atoms with Crippen molar-refractivity contribution >= 4 is 46.0 Å². The molecule has 0 aliphatic rings. The van der Waals surface area contributed by atoms with E-state index < -0.39 is 42.7 Å². The van der Waals surface area contributed by atoms with Crippen molar-refractivity contribution in [3.05, 3.63) is 69.5 Å². The van der Waals surface area contributed by atoms with Gasteiger partial charge in [-0.05, 0) is 31.2 Å². The molecule has 1 amide bonds. The van der Waals surface area contributed by atoms with Crippen LogP contribution in [0, 0.1) is 0 Å². The largest absolute Gasteiger partial charge is 0.480 e. The first-order valence-electron chi connectivity index (χ1n) is 10.6. The summed E-state index contributed by atoms with van der Waals surface area (Å²) in [5.41, 5.74) is 5.34. The summed E-state index contributed by atoms with van der Waals surface area (Å²) in [7, 11) is 1.50. The lowest BCUT2D eigenvalue weighted by Crippen LogP contribution is -2.38. The number of aromatic nitrogens is 1. The molecule has 0 aliphatic heterocycles. The first-order chi connectivity index (χ1) is 16.7. The third kappa shape index (κ3) is 5.44. The molecule has 2 aromatic carbocycles. The van der Waals surface area contributed by atoms with Crippen molar-refractivity contribution in [2.75, 3.05) is 24.7 Å². The zero-order chi connectivity index (χ0) is 25.7. The molecule has 1 heterocycles. The van der Waals surface area contributed by atoms with Crippen LogP contribution in [-0.4, -0.2) is 53.3 Å². The molecule has 35 heavy (non-hydrogen) atoms. The lowest BCUT2D eigenvalue weighted by molar-refractivity contribution is -0.149. The molecule has 0 radical (unpaired) electrons. The highest BCUT2D eigenvalue weighted by atomic mass is 35.5. The van der Waals surface area contributed by atoms with Crippen LogP contribution in [0.2, 0.25) is 5.02 Å². The number of carboxylic acid groups (broad SMARTS) is 1. The van der Waals surface area contributed by atoms with Crippen LogP contribution in [0.1, 0.15) is 17.3 Å². The Morgan fingerprint density at radius 2 is 1.83 bits per heavy atom. The quantitative estimate of drug-likeness (QED) is 0.425. The zero-order valence-electron chi connectivity index (χ0n) is 19.1. The number of ether oxygens (including phenoxy) is 2. The number of carbonyl (C=O) groups excluding carboxylic acids is 2. The maximum Gasteiger partial charge on any atom is 0.344 e. The summed E-state index contributed by atoms with van der Waals surface area (Å²) in [6, 6.07) is 12.2. The highest BCUT2D eigenvalue weighted by Crippen LogP contribution is 2.34. The molecule has 0 saturated carbocycles.